The zero-order valence-electron chi connectivity index (χ0n) is 21.7. The first-order valence-electron chi connectivity index (χ1n) is 12.0. The lowest BCUT2D eigenvalue weighted by molar-refractivity contribution is 0.100. The molecule has 208 valence electrons. The molecule has 5 rings (SSSR count). The Bertz CT molecular complexity index is 1550. The molecule has 2 aromatic carbocycles. The van der Waals surface area contributed by atoms with Crippen LogP contribution in [0.5, 0.6) is 11.5 Å². The van der Waals surface area contributed by atoms with Crippen molar-refractivity contribution in [2.45, 2.75) is 13.1 Å². The number of amides is 2. The molecule has 41 heavy (non-hydrogen) atoms. The number of carbonyl (C=O) groups is 2. The molecule has 0 atom stereocenters. The van der Waals surface area contributed by atoms with E-state index >= 15 is 0 Å². The summed E-state index contributed by atoms with van der Waals surface area (Å²) in [6, 6.07) is 17.4. The number of pyridine rings is 1. The van der Waals surface area contributed by atoms with Gasteiger partial charge in [-0.1, -0.05) is 35.9 Å². The first-order valence-corrected chi connectivity index (χ1v) is 12.4. The molecule has 0 saturated heterocycles. The van der Waals surface area contributed by atoms with Crippen molar-refractivity contribution >= 4 is 35.1 Å². The fourth-order valence-corrected chi connectivity index (χ4v) is 3.93. The van der Waals surface area contributed by atoms with Crippen LogP contribution >= 0.6 is 11.6 Å². The first-order chi connectivity index (χ1) is 19.9. The standard InChI is InChI=1S/C25H22ClN11O4/c1-40-18-7-3-15(4-8-18)13-36-22(30-32-34-36)24(38)28-20-11-17(26)12-21(27-20)29-25(39)23-31-33-35-37(23)14-16-5-9-19(41-2)10-6-16/h3-12H,13-14H2,1-2H3,(H2,27,28,29,38,39). The Morgan fingerprint density at radius 3 is 1.54 bits per heavy atom. The van der Waals surface area contributed by atoms with E-state index in [9.17, 15) is 9.59 Å². The third-order valence-electron chi connectivity index (χ3n) is 5.73. The largest absolute Gasteiger partial charge is 0.497 e. The van der Waals surface area contributed by atoms with Crippen molar-refractivity contribution in [3.8, 4) is 11.5 Å². The Hall–Kier alpha value is -5.44. The highest BCUT2D eigenvalue weighted by Gasteiger charge is 2.20. The van der Waals surface area contributed by atoms with Gasteiger partial charge in [0.05, 0.1) is 27.3 Å². The molecule has 0 unspecified atom stereocenters. The summed E-state index contributed by atoms with van der Waals surface area (Å²) in [7, 11) is 3.15. The molecule has 0 radical (unpaired) electrons. The average Bonchev–Trinajstić information content (AvgIpc) is 3.63. The van der Waals surface area contributed by atoms with Crippen LogP contribution in [0, 0.1) is 0 Å². The third-order valence-corrected chi connectivity index (χ3v) is 5.94. The highest BCUT2D eigenvalue weighted by atomic mass is 35.5. The molecule has 0 bridgehead atoms. The Balaban J connectivity index is 1.27. The predicted molar refractivity (Wildman–Crippen MR) is 145 cm³/mol. The molecule has 0 aliphatic rings. The molecular formula is C25H22ClN11O4. The van der Waals surface area contributed by atoms with Crippen LogP contribution in [0.2, 0.25) is 5.02 Å². The molecule has 3 heterocycles. The minimum atomic E-state index is -0.626. The lowest BCUT2D eigenvalue weighted by Crippen LogP contribution is -2.22. The Kier molecular flexibility index (Phi) is 8.05. The van der Waals surface area contributed by atoms with Crippen molar-refractivity contribution in [2.75, 3.05) is 24.9 Å². The van der Waals surface area contributed by atoms with Crippen molar-refractivity contribution in [1.29, 1.82) is 0 Å². The molecule has 15 nitrogen and oxygen atoms in total. The minimum Gasteiger partial charge on any atom is -0.497 e. The van der Waals surface area contributed by atoms with E-state index in [1.807, 2.05) is 24.3 Å². The number of nitrogens with zero attached hydrogens (tertiary/aromatic N) is 9. The van der Waals surface area contributed by atoms with Crippen LogP contribution in [0.1, 0.15) is 32.4 Å². The van der Waals surface area contributed by atoms with E-state index in [0.29, 0.717) is 11.5 Å². The van der Waals surface area contributed by atoms with E-state index < -0.39 is 11.8 Å². The van der Waals surface area contributed by atoms with Gasteiger partial charge in [0.1, 0.15) is 23.1 Å². The zero-order valence-corrected chi connectivity index (χ0v) is 22.5. The lowest BCUT2D eigenvalue weighted by atomic mass is 10.2. The second-order valence-electron chi connectivity index (χ2n) is 8.48. The van der Waals surface area contributed by atoms with Crippen LogP contribution in [0.15, 0.2) is 60.7 Å². The van der Waals surface area contributed by atoms with Gasteiger partial charge in [0.2, 0.25) is 11.6 Å². The van der Waals surface area contributed by atoms with Crippen LogP contribution in [0.3, 0.4) is 0 Å². The Morgan fingerprint density at radius 1 is 0.732 bits per heavy atom. The van der Waals surface area contributed by atoms with Gasteiger partial charge < -0.3 is 20.1 Å². The molecule has 0 fully saturated rings. The van der Waals surface area contributed by atoms with E-state index in [1.165, 1.54) is 21.5 Å². The second kappa shape index (κ2) is 12.2. The van der Waals surface area contributed by atoms with Crippen molar-refractivity contribution < 1.29 is 19.1 Å². The number of tetrazole rings is 2. The number of ether oxygens (including phenoxy) is 2. The maximum atomic E-state index is 13.0. The molecule has 0 aliphatic heterocycles. The number of halogens is 1. The number of aromatic nitrogens is 9. The van der Waals surface area contributed by atoms with Crippen LogP contribution < -0.4 is 20.1 Å². The molecule has 2 N–H and O–H groups in total. The summed E-state index contributed by atoms with van der Waals surface area (Å²) in [6.45, 7) is 0.491. The fourth-order valence-electron chi connectivity index (χ4n) is 3.73. The highest BCUT2D eigenvalue weighted by Crippen LogP contribution is 2.20. The average molecular weight is 576 g/mol. The molecule has 16 heteroatoms. The zero-order chi connectivity index (χ0) is 28.8. The van der Waals surface area contributed by atoms with Gasteiger partial charge >= 0.3 is 0 Å². The van der Waals surface area contributed by atoms with Crippen molar-refractivity contribution in [3.05, 3.63) is 88.5 Å². The van der Waals surface area contributed by atoms with Gasteiger partial charge in [-0.3, -0.25) is 9.59 Å². The number of nitrogens with one attached hydrogen (secondary N) is 2. The number of hydrogen-bond acceptors (Lipinski definition) is 11. The highest BCUT2D eigenvalue weighted by molar-refractivity contribution is 6.31. The Labute approximate surface area is 237 Å². The van der Waals surface area contributed by atoms with Crippen LogP contribution in [-0.4, -0.2) is 71.4 Å². The minimum absolute atomic E-state index is 0.0501. The topological polar surface area (TPSA) is 177 Å². The SMILES string of the molecule is COc1ccc(Cn2nnnc2C(=O)Nc2cc(Cl)cc(NC(=O)c3nnnn3Cc3ccc(OC)cc3)n2)cc1. The number of anilines is 2. The molecule has 0 saturated carbocycles. The van der Waals surface area contributed by atoms with Crippen molar-refractivity contribution in [3.63, 3.8) is 0 Å². The summed E-state index contributed by atoms with van der Waals surface area (Å²) < 4.78 is 13.0. The third kappa shape index (κ3) is 6.59. The molecular weight excluding hydrogens is 554 g/mol. The lowest BCUT2D eigenvalue weighted by Gasteiger charge is -2.10. The van der Waals surface area contributed by atoms with Crippen LogP contribution in [0.25, 0.3) is 0 Å². The Morgan fingerprint density at radius 2 is 1.15 bits per heavy atom. The van der Waals surface area contributed by atoms with Gasteiger partial charge in [-0.05, 0) is 68.4 Å². The maximum Gasteiger partial charge on any atom is 0.296 e. The van der Waals surface area contributed by atoms with Gasteiger partial charge in [0.15, 0.2) is 0 Å². The summed E-state index contributed by atoms with van der Waals surface area (Å²) in [5.41, 5.74) is 1.71. The van der Waals surface area contributed by atoms with E-state index in [0.717, 1.165) is 11.1 Å². The number of benzene rings is 2. The van der Waals surface area contributed by atoms with Gasteiger partial charge in [-0.15, -0.1) is 10.2 Å². The summed E-state index contributed by atoms with van der Waals surface area (Å²) >= 11 is 6.24. The molecule has 5 aromatic rings. The second-order valence-corrected chi connectivity index (χ2v) is 8.92. The monoisotopic (exact) mass is 575 g/mol. The van der Waals surface area contributed by atoms with E-state index in [2.05, 4.69) is 46.7 Å². The smallest absolute Gasteiger partial charge is 0.296 e. The van der Waals surface area contributed by atoms with E-state index in [4.69, 9.17) is 21.1 Å². The normalized spacial score (nSPS) is 10.7. The molecule has 3 aromatic heterocycles. The van der Waals surface area contributed by atoms with Gasteiger partial charge in [-0.25, -0.2) is 14.3 Å². The first kappa shape index (κ1) is 27.1. The molecule has 0 spiro atoms. The number of rotatable bonds is 10. The quantitative estimate of drug-likeness (QED) is 0.250. The summed E-state index contributed by atoms with van der Waals surface area (Å²) in [6.07, 6.45) is 0. The van der Waals surface area contributed by atoms with Crippen molar-refractivity contribution in [2.24, 2.45) is 0 Å². The summed E-state index contributed by atoms with van der Waals surface area (Å²) in [4.78, 5) is 30.2. The van der Waals surface area contributed by atoms with Gasteiger partial charge in [0.25, 0.3) is 11.8 Å². The van der Waals surface area contributed by atoms with E-state index in [-0.39, 0.29) is 41.4 Å². The van der Waals surface area contributed by atoms with Crippen LogP contribution in [0.4, 0.5) is 11.6 Å². The maximum absolute atomic E-state index is 13.0. The van der Waals surface area contributed by atoms with Gasteiger partial charge in [-0.2, -0.15) is 0 Å². The predicted octanol–water partition coefficient (Wildman–Crippen LogP) is 2.33. The van der Waals surface area contributed by atoms with Crippen molar-refractivity contribution in [1.82, 2.24) is 45.4 Å². The summed E-state index contributed by atoms with van der Waals surface area (Å²) in [5, 5.41) is 28.1. The summed E-state index contributed by atoms with van der Waals surface area (Å²) in [5.74, 6) is 0.179. The molecule has 2 amide bonds. The van der Waals surface area contributed by atoms with E-state index in [1.54, 1.807) is 38.5 Å². The molecule has 0 aliphatic carbocycles. The number of methoxy groups -OCH3 is 2. The fraction of sp³-hybridized carbons (Fsp3) is 0.160. The van der Waals surface area contributed by atoms with Gasteiger partial charge in [0, 0.05) is 5.02 Å². The number of carbonyl (C=O) groups excluding carboxylic acids is 2. The van der Waals surface area contributed by atoms with Crippen LogP contribution in [-0.2, 0) is 13.1 Å². The number of hydrogen-bond donors (Lipinski definition) is 2.